The highest BCUT2D eigenvalue weighted by atomic mass is 79.9. The lowest BCUT2D eigenvalue weighted by atomic mass is 9.89. The van der Waals surface area contributed by atoms with Crippen molar-refractivity contribution in [2.75, 3.05) is 38.9 Å². The van der Waals surface area contributed by atoms with E-state index in [-0.39, 0.29) is 19.3 Å². The standard InChI is InChI=1S/C30H61BrClO5P/c1-4-6-8-17-21-29(22-18-9-7-5-2)23-19-15-13-11-10-12-14-16-20-25-35-27-30(34-3)28-37-38(32,33)36-26-24-31/h29-30H,4-28H2,1-3H3. The van der Waals surface area contributed by atoms with Gasteiger partial charge in [0.1, 0.15) is 6.10 Å². The van der Waals surface area contributed by atoms with E-state index in [0.717, 1.165) is 12.3 Å². The molecule has 0 saturated carbocycles. The fraction of sp³-hybridized carbons (Fsp3) is 1.00. The second kappa shape index (κ2) is 29.3. The number of hydrogen-bond acceptors (Lipinski definition) is 5. The molecule has 0 aliphatic carbocycles. The Kier molecular flexibility index (Phi) is 30.0. The molecule has 0 aromatic rings. The smallest absolute Gasteiger partial charge is 0.379 e. The summed E-state index contributed by atoms with van der Waals surface area (Å²) >= 11 is 8.95. The first-order valence-electron chi connectivity index (χ1n) is 15.7. The number of hydrogen-bond donors (Lipinski definition) is 0. The Morgan fingerprint density at radius 2 is 1.13 bits per heavy atom. The maximum absolute atomic E-state index is 11.9. The lowest BCUT2D eigenvalue weighted by molar-refractivity contribution is -0.0169. The molecule has 0 N–H and O–H groups in total. The molecule has 38 heavy (non-hydrogen) atoms. The molecular weight excluding hydrogens is 587 g/mol. The first kappa shape index (κ1) is 38.8. The Morgan fingerprint density at radius 1 is 0.658 bits per heavy atom. The van der Waals surface area contributed by atoms with Crippen molar-refractivity contribution in [3.8, 4) is 0 Å². The third-order valence-corrected chi connectivity index (χ3v) is 9.06. The summed E-state index contributed by atoms with van der Waals surface area (Å²) in [6.07, 6.45) is 27.2. The molecule has 0 aromatic carbocycles. The fourth-order valence-corrected chi connectivity index (χ4v) is 6.30. The molecule has 0 rings (SSSR count). The van der Waals surface area contributed by atoms with Crippen LogP contribution in [0.1, 0.15) is 142 Å². The Hall–Kier alpha value is 0.840. The Labute approximate surface area is 249 Å². The van der Waals surface area contributed by atoms with Gasteiger partial charge < -0.3 is 9.47 Å². The lowest BCUT2D eigenvalue weighted by Crippen LogP contribution is -2.24. The van der Waals surface area contributed by atoms with Crippen LogP contribution in [-0.2, 0) is 23.1 Å². The largest absolute Gasteiger partial charge is 0.424 e. The second-order valence-corrected chi connectivity index (χ2v) is 14.1. The van der Waals surface area contributed by atoms with Gasteiger partial charge in [-0.05, 0) is 12.3 Å². The zero-order chi connectivity index (χ0) is 28.2. The zero-order valence-electron chi connectivity index (χ0n) is 25.1. The molecule has 0 amide bonds. The number of halogens is 2. The van der Waals surface area contributed by atoms with Crippen LogP contribution in [0.15, 0.2) is 0 Å². The SMILES string of the molecule is CCCCCCC(CCCCCC)CCCCCCCCCCCOCC(COP(=O)(Cl)OCCBr)OC. The van der Waals surface area contributed by atoms with Gasteiger partial charge in [-0.25, -0.2) is 4.57 Å². The van der Waals surface area contributed by atoms with Crippen molar-refractivity contribution < 1.29 is 23.1 Å². The number of methoxy groups -OCH3 is 1. The van der Waals surface area contributed by atoms with Crippen LogP contribution in [0.5, 0.6) is 0 Å². The molecule has 0 aliphatic heterocycles. The summed E-state index contributed by atoms with van der Waals surface area (Å²) in [6, 6.07) is 0. The summed E-state index contributed by atoms with van der Waals surface area (Å²) in [6.45, 7) is 2.47. The van der Waals surface area contributed by atoms with Gasteiger partial charge in [0.15, 0.2) is 0 Å². The molecule has 8 heteroatoms. The predicted octanol–water partition coefficient (Wildman–Crippen LogP) is 11.3. The topological polar surface area (TPSA) is 54.0 Å². The Balaban J connectivity index is 3.67. The zero-order valence-corrected chi connectivity index (χ0v) is 28.3. The van der Waals surface area contributed by atoms with Crippen molar-refractivity contribution in [2.24, 2.45) is 5.92 Å². The summed E-state index contributed by atoms with van der Waals surface area (Å²) in [5, 5.41) is 0.545. The minimum Gasteiger partial charge on any atom is -0.379 e. The van der Waals surface area contributed by atoms with E-state index in [9.17, 15) is 4.57 Å². The molecular formula is C30H61BrClO5P. The van der Waals surface area contributed by atoms with Gasteiger partial charge in [0.2, 0.25) is 0 Å². The lowest BCUT2D eigenvalue weighted by Gasteiger charge is -2.17. The molecule has 0 heterocycles. The van der Waals surface area contributed by atoms with Crippen molar-refractivity contribution in [1.82, 2.24) is 0 Å². The molecule has 0 saturated heterocycles. The molecule has 0 fully saturated rings. The summed E-state index contributed by atoms with van der Waals surface area (Å²) in [4.78, 5) is 0. The van der Waals surface area contributed by atoms with Crippen LogP contribution in [0.3, 0.4) is 0 Å². The highest BCUT2D eigenvalue weighted by molar-refractivity contribution is 9.09. The molecule has 0 bridgehead atoms. The van der Waals surface area contributed by atoms with E-state index in [1.54, 1.807) is 7.11 Å². The van der Waals surface area contributed by atoms with E-state index in [1.807, 2.05) is 0 Å². The van der Waals surface area contributed by atoms with Crippen LogP contribution < -0.4 is 0 Å². The summed E-state index contributed by atoms with van der Waals surface area (Å²) in [5.41, 5.74) is 0. The first-order valence-corrected chi connectivity index (χ1v) is 19.3. The van der Waals surface area contributed by atoms with Gasteiger partial charge in [0.05, 0.1) is 19.8 Å². The maximum Gasteiger partial charge on any atom is 0.424 e. The van der Waals surface area contributed by atoms with E-state index in [0.29, 0.717) is 18.5 Å². The number of alkyl halides is 1. The summed E-state index contributed by atoms with van der Waals surface area (Å²) in [7, 11) is 1.58. The normalized spacial score (nSPS) is 14.3. The van der Waals surface area contributed by atoms with Crippen LogP contribution in [0.2, 0.25) is 0 Å². The quantitative estimate of drug-likeness (QED) is 0.0426. The van der Waals surface area contributed by atoms with E-state index in [2.05, 4.69) is 29.8 Å². The van der Waals surface area contributed by atoms with Crippen LogP contribution in [0.4, 0.5) is 0 Å². The monoisotopic (exact) mass is 646 g/mol. The van der Waals surface area contributed by atoms with Gasteiger partial charge in [-0.3, -0.25) is 9.05 Å². The second-order valence-electron chi connectivity index (χ2n) is 10.7. The molecule has 0 aromatic heterocycles. The number of rotatable bonds is 31. The van der Waals surface area contributed by atoms with Crippen molar-refractivity contribution in [3.05, 3.63) is 0 Å². The molecule has 0 spiro atoms. The van der Waals surface area contributed by atoms with Crippen molar-refractivity contribution in [3.63, 3.8) is 0 Å². The average molecular weight is 648 g/mol. The van der Waals surface area contributed by atoms with Crippen LogP contribution in [0, 0.1) is 5.92 Å². The van der Waals surface area contributed by atoms with Gasteiger partial charge in [-0.2, -0.15) is 0 Å². The van der Waals surface area contributed by atoms with E-state index in [4.69, 9.17) is 29.8 Å². The van der Waals surface area contributed by atoms with Crippen molar-refractivity contribution in [1.29, 1.82) is 0 Å². The number of ether oxygens (including phenoxy) is 2. The van der Waals surface area contributed by atoms with Crippen LogP contribution >= 0.6 is 34.1 Å². The van der Waals surface area contributed by atoms with Gasteiger partial charge in [0, 0.05) is 30.3 Å². The van der Waals surface area contributed by atoms with Crippen LogP contribution in [0.25, 0.3) is 0 Å². The fourth-order valence-electron chi connectivity index (χ4n) is 4.78. The number of unbranched alkanes of at least 4 members (excludes halogenated alkanes) is 14. The minimum absolute atomic E-state index is 0.0815. The maximum atomic E-state index is 11.9. The van der Waals surface area contributed by atoms with Crippen LogP contribution in [-0.4, -0.2) is 45.0 Å². The average Bonchev–Trinajstić information content (AvgIpc) is 2.91. The van der Waals surface area contributed by atoms with Gasteiger partial charge in [0.25, 0.3) is 0 Å². The molecule has 0 aliphatic rings. The molecule has 5 nitrogen and oxygen atoms in total. The molecule has 230 valence electrons. The van der Waals surface area contributed by atoms with Gasteiger partial charge in [-0.1, -0.05) is 152 Å². The molecule has 2 atom stereocenters. The molecule has 2 unspecified atom stereocenters. The third-order valence-electron chi connectivity index (χ3n) is 7.21. The van der Waals surface area contributed by atoms with Crippen molar-refractivity contribution >= 4 is 34.1 Å². The van der Waals surface area contributed by atoms with Gasteiger partial charge >= 0.3 is 6.95 Å². The highest BCUT2D eigenvalue weighted by Gasteiger charge is 2.23. The van der Waals surface area contributed by atoms with E-state index < -0.39 is 6.95 Å². The summed E-state index contributed by atoms with van der Waals surface area (Å²) in [5.74, 6) is 0.984. The van der Waals surface area contributed by atoms with E-state index >= 15 is 0 Å². The van der Waals surface area contributed by atoms with E-state index in [1.165, 1.54) is 122 Å². The molecule has 0 radical (unpaired) electrons. The minimum atomic E-state index is -3.56. The highest BCUT2D eigenvalue weighted by Crippen LogP contribution is 2.53. The Morgan fingerprint density at radius 3 is 1.61 bits per heavy atom. The Bertz CT molecular complexity index is 517. The van der Waals surface area contributed by atoms with Crippen molar-refractivity contribution in [2.45, 2.75) is 148 Å². The van der Waals surface area contributed by atoms with Gasteiger partial charge in [-0.15, -0.1) is 0 Å². The summed E-state index contributed by atoms with van der Waals surface area (Å²) < 4.78 is 33.1. The third kappa shape index (κ3) is 27.0. The first-order chi connectivity index (χ1) is 18.5. The predicted molar refractivity (Wildman–Crippen MR) is 168 cm³/mol.